The summed E-state index contributed by atoms with van der Waals surface area (Å²) >= 11 is 0. The van der Waals surface area contributed by atoms with Crippen LogP contribution in [0.2, 0.25) is 0 Å². The number of fused-ring (bicyclic) bond motifs is 7. The number of nitrogens with two attached hydrogens (primary N) is 1. The van der Waals surface area contributed by atoms with E-state index in [0.29, 0.717) is 17.1 Å². The first-order chi connectivity index (χ1) is 14.9. The Balaban J connectivity index is 1.63. The summed E-state index contributed by atoms with van der Waals surface area (Å²) in [4.78, 5) is 12.4. The number of hydrogen-bond acceptors (Lipinski definition) is 3. The number of carbonyl (C=O) groups excluding carboxylic acids is 1. The number of aromatic hydroxyl groups is 2. The van der Waals surface area contributed by atoms with Gasteiger partial charge in [0.05, 0.1) is 0 Å². The highest BCUT2D eigenvalue weighted by Crippen LogP contribution is 2.68. The third-order valence-electron chi connectivity index (χ3n) is 10.5. The molecular formula is C28H37NO3. The molecule has 3 fully saturated rings. The van der Waals surface area contributed by atoms with Crippen molar-refractivity contribution in [2.75, 3.05) is 0 Å². The molecule has 0 aliphatic heterocycles. The normalized spacial score (nSPS) is 42.4. The minimum atomic E-state index is -0.408. The lowest BCUT2D eigenvalue weighted by atomic mass is 9.40. The maximum Gasteiger partial charge on any atom is 0.223 e. The first-order valence-corrected chi connectivity index (χ1v) is 12.1. The fourth-order valence-electron chi connectivity index (χ4n) is 8.18. The van der Waals surface area contributed by atoms with Gasteiger partial charge >= 0.3 is 0 Å². The zero-order chi connectivity index (χ0) is 23.3. The van der Waals surface area contributed by atoms with E-state index in [1.807, 2.05) is 0 Å². The lowest BCUT2D eigenvalue weighted by molar-refractivity contribution is -0.141. The Morgan fingerprint density at radius 2 is 1.72 bits per heavy atom. The Labute approximate surface area is 190 Å². The second kappa shape index (κ2) is 6.42. The number of phenolic OH excluding ortho intramolecular Hbond substituents is 2. The molecule has 3 saturated carbocycles. The van der Waals surface area contributed by atoms with Crippen molar-refractivity contribution in [2.24, 2.45) is 33.8 Å². The number of rotatable bonds is 1. The summed E-state index contributed by atoms with van der Waals surface area (Å²) < 4.78 is 0. The summed E-state index contributed by atoms with van der Waals surface area (Å²) in [5, 5.41) is 22.1. The van der Waals surface area contributed by atoms with Crippen LogP contribution in [0.3, 0.4) is 0 Å². The van der Waals surface area contributed by atoms with Gasteiger partial charge in [-0.15, -0.1) is 0 Å². The summed E-state index contributed by atoms with van der Waals surface area (Å²) in [5.74, 6) is 0.639. The van der Waals surface area contributed by atoms with Gasteiger partial charge in [0.2, 0.25) is 5.91 Å². The minimum Gasteiger partial charge on any atom is -0.504 e. The van der Waals surface area contributed by atoms with Crippen molar-refractivity contribution in [3.05, 3.63) is 33.7 Å². The van der Waals surface area contributed by atoms with Crippen LogP contribution in [-0.4, -0.2) is 16.1 Å². The van der Waals surface area contributed by atoms with Crippen molar-refractivity contribution in [1.82, 2.24) is 0 Å². The molecule has 4 heteroatoms. The van der Waals surface area contributed by atoms with E-state index in [2.05, 4.69) is 46.4 Å². The molecule has 1 aromatic rings. The van der Waals surface area contributed by atoms with Crippen LogP contribution in [0.15, 0.2) is 17.7 Å². The van der Waals surface area contributed by atoms with Crippen LogP contribution in [-0.2, 0) is 10.2 Å². The number of carbonyl (C=O) groups is 1. The topological polar surface area (TPSA) is 83.6 Å². The molecular weight excluding hydrogens is 398 g/mol. The van der Waals surface area contributed by atoms with Crippen LogP contribution in [0, 0.1) is 28.1 Å². The Morgan fingerprint density at radius 1 is 1.03 bits per heavy atom. The number of benzene rings is 1. The lowest BCUT2D eigenvalue weighted by Gasteiger charge is -2.64. The van der Waals surface area contributed by atoms with E-state index in [0.717, 1.165) is 49.3 Å². The Kier molecular flexibility index (Phi) is 4.34. The van der Waals surface area contributed by atoms with Crippen LogP contribution in [0.5, 0.6) is 11.5 Å². The smallest absolute Gasteiger partial charge is 0.223 e. The molecule has 0 spiro atoms. The molecule has 0 radical (unpaired) electrons. The molecule has 172 valence electrons. The summed E-state index contributed by atoms with van der Waals surface area (Å²) in [6.45, 7) is 13.3. The van der Waals surface area contributed by atoms with E-state index in [-0.39, 0.29) is 33.7 Å². The van der Waals surface area contributed by atoms with Gasteiger partial charge in [0.1, 0.15) is 0 Å². The highest BCUT2D eigenvalue weighted by atomic mass is 16.3. The number of amides is 1. The van der Waals surface area contributed by atoms with E-state index in [9.17, 15) is 15.0 Å². The van der Waals surface area contributed by atoms with E-state index < -0.39 is 5.41 Å². The second-order valence-corrected chi connectivity index (χ2v) is 12.2. The Bertz CT molecular complexity index is 1170. The van der Waals surface area contributed by atoms with Crippen LogP contribution < -0.4 is 16.2 Å². The molecule has 1 unspecified atom stereocenters. The largest absolute Gasteiger partial charge is 0.504 e. The van der Waals surface area contributed by atoms with E-state index in [1.54, 1.807) is 6.07 Å². The molecule has 1 amide bonds. The van der Waals surface area contributed by atoms with Crippen LogP contribution in [0.4, 0.5) is 0 Å². The average Bonchev–Trinajstić information content (AvgIpc) is 2.73. The van der Waals surface area contributed by atoms with Crippen LogP contribution >= 0.6 is 0 Å². The van der Waals surface area contributed by atoms with Gasteiger partial charge in [-0.3, -0.25) is 4.79 Å². The summed E-state index contributed by atoms with van der Waals surface area (Å²) in [6, 6.07) is 1.75. The van der Waals surface area contributed by atoms with Gasteiger partial charge < -0.3 is 15.9 Å². The van der Waals surface area contributed by atoms with Gasteiger partial charge in [-0.1, -0.05) is 52.0 Å². The standard InChI is InChI=1S/C28H37NO3/c1-16-17-6-7-22-27(4,19(17)14-21(30)23(16)31)9-8-18-20-15-26(3,24(29)32)11-10-25(20,2)12-13-28(18,22)5/h6-7,14,18,20,30-31H,1,8-13,15H2,2-5H3,(H2,29,32)/t18?,20-,25+,26+,27-,28-/m0/s1. The Hall–Kier alpha value is -2.23. The van der Waals surface area contributed by atoms with Crippen LogP contribution in [0.1, 0.15) is 78.2 Å². The minimum absolute atomic E-state index is 0.0378. The highest BCUT2D eigenvalue weighted by molar-refractivity contribution is 5.80. The molecule has 1 aromatic carbocycles. The van der Waals surface area contributed by atoms with Gasteiger partial charge in [0.25, 0.3) is 0 Å². The first-order valence-electron chi connectivity index (χ1n) is 12.1. The van der Waals surface area contributed by atoms with Gasteiger partial charge in [0.15, 0.2) is 11.5 Å². The van der Waals surface area contributed by atoms with Gasteiger partial charge in [-0.25, -0.2) is 0 Å². The van der Waals surface area contributed by atoms with E-state index >= 15 is 0 Å². The number of hydrogen-bond donors (Lipinski definition) is 3. The molecule has 4 N–H and O–H groups in total. The molecule has 6 atom stereocenters. The van der Waals surface area contributed by atoms with Crippen molar-refractivity contribution < 1.29 is 15.0 Å². The van der Waals surface area contributed by atoms with Crippen molar-refractivity contribution in [3.63, 3.8) is 0 Å². The van der Waals surface area contributed by atoms with E-state index in [1.165, 1.54) is 12.0 Å². The second-order valence-electron chi connectivity index (χ2n) is 12.2. The molecule has 5 rings (SSSR count). The van der Waals surface area contributed by atoms with Crippen molar-refractivity contribution in [3.8, 4) is 11.5 Å². The van der Waals surface area contributed by atoms with Crippen molar-refractivity contribution in [2.45, 2.75) is 78.1 Å². The van der Waals surface area contributed by atoms with Crippen LogP contribution in [0.25, 0.3) is 12.7 Å². The van der Waals surface area contributed by atoms with Gasteiger partial charge in [-0.2, -0.15) is 0 Å². The van der Waals surface area contributed by atoms with Gasteiger partial charge in [0, 0.05) is 16.0 Å². The Morgan fingerprint density at radius 3 is 2.41 bits per heavy atom. The molecule has 4 aliphatic carbocycles. The average molecular weight is 436 g/mol. The first kappa shape index (κ1) is 21.6. The summed E-state index contributed by atoms with van der Waals surface area (Å²) in [6.07, 6.45) is 11.6. The predicted molar refractivity (Wildman–Crippen MR) is 127 cm³/mol. The number of phenols is 2. The zero-order valence-electron chi connectivity index (χ0n) is 19.9. The molecule has 4 aliphatic rings. The van der Waals surface area contributed by atoms with Crippen molar-refractivity contribution >= 4 is 18.6 Å². The zero-order valence-corrected chi connectivity index (χ0v) is 19.9. The third kappa shape index (κ3) is 2.58. The van der Waals surface area contributed by atoms with Crippen molar-refractivity contribution in [1.29, 1.82) is 0 Å². The maximum atomic E-state index is 12.4. The molecule has 32 heavy (non-hydrogen) atoms. The summed E-state index contributed by atoms with van der Waals surface area (Å²) in [7, 11) is 0. The SMILES string of the molecule is C=c1c(O)c(O)cc2c1=CC=C1[C@@]2(C)CCC2[C@@H]3C[C@](C)(C(N)=O)CC[C@]3(C)CC[C@]12C. The molecule has 0 aromatic heterocycles. The molecule has 0 heterocycles. The predicted octanol–water partition coefficient (Wildman–Crippen LogP) is 3.99. The summed E-state index contributed by atoms with van der Waals surface area (Å²) in [5.41, 5.74) is 8.11. The van der Waals surface area contributed by atoms with Gasteiger partial charge in [-0.05, 0) is 84.5 Å². The molecule has 0 bridgehead atoms. The highest BCUT2D eigenvalue weighted by Gasteiger charge is 2.61. The molecule has 0 saturated heterocycles. The molecule has 4 nitrogen and oxygen atoms in total. The maximum absolute atomic E-state index is 12.4. The lowest BCUT2D eigenvalue weighted by Crippen LogP contribution is -2.58. The third-order valence-corrected chi connectivity index (χ3v) is 10.5. The fourth-order valence-corrected chi connectivity index (χ4v) is 8.18. The monoisotopic (exact) mass is 435 g/mol. The fraction of sp³-hybridized carbons (Fsp3) is 0.607. The number of primary amides is 1. The number of allylic oxidation sites excluding steroid dienone is 2. The quantitative estimate of drug-likeness (QED) is 0.583. The van der Waals surface area contributed by atoms with E-state index in [4.69, 9.17) is 5.73 Å².